The first-order valence-corrected chi connectivity index (χ1v) is 7.11. The van der Waals surface area contributed by atoms with E-state index in [1.807, 2.05) is 18.2 Å². The lowest BCUT2D eigenvalue weighted by molar-refractivity contribution is -0.119. The highest BCUT2D eigenvalue weighted by atomic mass is 79.9. The summed E-state index contributed by atoms with van der Waals surface area (Å²) < 4.78 is 0.906. The topological polar surface area (TPSA) is 56.1 Å². The summed E-state index contributed by atoms with van der Waals surface area (Å²) in [5.41, 5.74) is 1.61. The Labute approximate surface area is 121 Å². The fourth-order valence-corrected chi connectivity index (χ4v) is 2.84. The standard InChI is InChI=1S/C14H16BrN3O/c1-10(19)17-13-3-2-6-18(9-13)14-5-4-12(15)7-11(14)8-16/h4-5,7,13H,2-3,6,9H2,1H3,(H,17,19). The van der Waals surface area contributed by atoms with Crippen LogP contribution in [0.25, 0.3) is 0 Å². The highest BCUT2D eigenvalue weighted by Crippen LogP contribution is 2.26. The van der Waals surface area contributed by atoms with Gasteiger partial charge in [-0.15, -0.1) is 0 Å². The molecule has 1 amide bonds. The third-order valence-corrected chi connectivity index (χ3v) is 3.74. The second kappa shape index (κ2) is 6.07. The maximum absolute atomic E-state index is 11.1. The first-order valence-electron chi connectivity index (χ1n) is 6.32. The average molecular weight is 322 g/mol. The van der Waals surface area contributed by atoms with Gasteiger partial charge in [-0.2, -0.15) is 5.26 Å². The highest BCUT2D eigenvalue weighted by molar-refractivity contribution is 9.10. The summed E-state index contributed by atoms with van der Waals surface area (Å²) in [5, 5.41) is 12.2. The monoisotopic (exact) mass is 321 g/mol. The molecule has 2 rings (SSSR count). The Morgan fingerprint density at radius 2 is 2.37 bits per heavy atom. The Hall–Kier alpha value is -1.54. The highest BCUT2D eigenvalue weighted by Gasteiger charge is 2.22. The zero-order chi connectivity index (χ0) is 13.8. The van der Waals surface area contributed by atoms with Crippen molar-refractivity contribution in [3.63, 3.8) is 0 Å². The Morgan fingerprint density at radius 3 is 3.05 bits per heavy atom. The SMILES string of the molecule is CC(=O)NC1CCCN(c2ccc(Br)cc2C#N)C1. The molecule has 0 aromatic heterocycles. The lowest BCUT2D eigenvalue weighted by atomic mass is 10.0. The molecule has 0 saturated carbocycles. The number of nitrogens with one attached hydrogen (secondary N) is 1. The first kappa shape index (κ1) is 13.9. The lowest BCUT2D eigenvalue weighted by Gasteiger charge is -2.35. The zero-order valence-corrected chi connectivity index (χ0v) is 12.4. The predicted molar refractivity (Wildman–Crippen MR) is 77.9 cm³/mol. The second-order valence-corrected chi connectivity index (χ2v) is 5.67. The number of piperidine rings is 1. The molecule has 4 nitrogen and oxygen atoms in total. The minimum Gasteiger partial charge on any atom is -0.368 e. The molecular formula is C14H16BrN3O. The van der Waals surface area contributed by atoms with E-state index in [1.165, 1.54) is 0 Å². The minimum atomic E-state index is 0.00293. The van der Waals surface area contributed by atoms with Gasteiger partial charge in [0.2, 0.25) is 5.91 Å². The van der Waals surface area contributed by atoms with Crippen molar-refractivity contribution in [1.29, 1.82) is 5.26 Å². The van der Waals surface area contributed by atoms with Gasteiger partial charge < -0.3 is 10.2 Å². The largest absolute Gasteiger partial charge is 0.368 e. The molecule has 0 spiro atoms. The number of benzene rings is 1. The van der Waals surface area contributed by atoms with Gasteiger partial charge in [-0.25, -0.2) is 0 Å². The Bertz CT molecular complexity index is 524. The van der Waals surface area contributed by atoms with Gasteiger partial charge in [0.25, 0.3) is 0 Å². The van der Waals surface area contributed by atoms with E-state index in [0.717, 1.165) is 36.1 Å². The van der Waals surface area contributed by atoms with E-state index in [0.29, 0.717) is 5.56 Å². The van der Waals surface area contributed by atoms with Gasteiger partial charge in [0.15, 0.2) is 0 Å². The van der Waals surface area contributed by atoms with Gasteiger partial charge in [-0.1, -0.05) is 15.9 Å². The number of halogens is 1. The number of nitrogens with zero attached hydrogens (tertiary/aromatic N) is 2. The van der Waals surface area contributed by atoms with Crippen LogP contribution < -0.4 is 10.2 Å². The Morgan fingerprint density at radius 1 is 1.58 bits per heavy atom. The van der Waals surface area contributed by atoms with Crippen LogP contribution in [-0.2, 0) is 4.79 Å². The molecule has 1 aromatic rings. The molecule has 1 aromatic carbocycles. The van der Waals surface area contributed by atoms with Crippen molar-refractivity contribution < 1.29 is 4.79 Å². The van der Waals surface area contributed by atoms with Crippen LogP contribution in [-0.4, -0.2) is 25.0 Å². The molecule has 1 heterocycles. The molecule has 1 atom stereocenters. The molecule has 19 heavy (non-hydrogen) atoms. The van der Waals surface area contributed by atoms with E-state index in [1.54, 1.807) is 6.92 Å². The Kier molecular flexibility index (Phi) is 4.43. The smallest absolute Gasteiger partial charge is 0.217 e. The van der Waals surface area contributed by atoms with E-state index < -0.39 is 0 Å². The molecular weight excluding hydrogens is 306 g/mol. The van der Waals surface area contributed by atoms with Crippen LogP contribution in [0, 0.1) is 11.3 Å². The average Bonchev–Trinajstić information content (AvgIpc) is 2.38. The van der Waals surface area contributed by atoms with E-state index in [4.69, 9.17) is 0 Å². The van der Waals surface area contributed by atoms with Crippen LogP contribution in [0.4, 0.5) is 5.69 Å². The zero-order valence-electron chi connectivity index (χ0n) is 10.8. The molecule has 5 heteroatoms. The van der Waals surface area contributed by atoms with Crippen molar-refractivity contribution >= 4 is 27.5 Å². The number of anilines is 1. The van der Waals surface area contributed by atoms with Crippen molar-refractivity contribution in [2.45, 2.75) is 25.8 Å². The molecule has 1 N–H and O–H groups in total. The third-order valence-electron chi connectivity index (χ3n) is 3.25. The van der Waals surface area contributed by atoms with Gasteiger partial charge in [0, 0.05) is 30.5 Å². The molecule has 1 fully saturated rings. The molecule has 100 valence electrons. The first-order chi connectivity index (χ1) is 9.10. The van der Waals surface area contributed by atoms with E-state index in [-0.39, 0.29) is 11.9 Å². The summed E-state index contributed by atoms with van der Waals surface area (Å²) in [7, 11) is 0. The normalized spacial score (nSPS) is 18.8. The molecule has 0 aliphatic carbocycles. The number of amides is 1. The summed E-state index contributed by atoms with van der Waals surface area (Å²) in [6.07, 6.45) is 2.01. The van der Waals surface area contributed by atoms with Crippen molar-refractivity contribution in [2.75, 3.05) is 18.0 Å². The van der Waals surface area contributed by atoms with Gasteiger partial charge in [0.05, 0.1) is 11.3 Å². The van der Waals surface area contributed by atoms with E-state index in [2.05, 4.69) is 32.2 Å². The summed E-state index contributed by atoms with van der Waals surface area (Å²) in [5.74, 6) is 0.00293. The van der Waals surface area contributed by atoms with Crippen molar-refractivity contribution in [3.8, 4) is 6.07 Å². The van der Waals surface area contributed by atoms with Crippen molar-refractivity contribution in [3.05, 3.63) is 28.2 Å². The number of rotatable bonds is 2. The predicted octanol–water partition coefficient (Wildman–Crippen LogP) is 2.43. The molecule has 1 saturated heterocycles. The third kappa shape index (κ3) is 3.48. The summed E-state index contributed by atoms with van der Waals surface area (Å²) in [6.45, 7) is 3.22. The quantitative estimate of drug-likeness (QED) is 0.910. The van der Waals surface area contributed by atoms with E-state index in [9.17, 15) is 10.1 Å². The number of hydrogen-bond donors (Lipinski definition) is 1. The maximum atomic E-state index is 11.1. The van der Waals surface area contributed by atoms with Crippen LogP contribution in [0.5, 0.6) is 0 Å². The van der Waals surface area contributed by atoms with Crippen LogP contribution in [0.2, 0.25) is 0 Å². The summed E-state index contributed by atoms with van der Waals surface area (Å²) in [4.78, 5) is 13.3. The van der Waals surface area contributed by atoms with Gasteiger partial charge >= 0.3 is 0 Å². The van der Waals surface area contributed by atoms with Crippen molar-refractivity contribution in [1.82, 2.24) is 5.32 Å². The second-order valence-electron chi connectivity index (χ2n) is 4.76. The van der Waals surface area contributed by atoms with Crippen molar-refractivity contribution in [2.24, 2.45) is 0 Å². The van der Waals surface area contributed by atoms with Crippen LogP contribution in [0.15, 0.2) is 22.7 Å². The number of carbonyl (C=O) groups is 1. The number of hydrogen-bond acceptors (Lipinski definition) is 3. The van der Waals surface area contributed by atoms with Crippen LogP contribution >= 0.6 is 15.9 Å². The number of nitriles is 1. The lowest BCUT2D eigenvalue weighted by Crippen LogP contribution is -2.47. The van der Waals surface area contributed by atoms with Gasteiger partial charge in [0.1, 0.15) is 6.07 Å². The molecule has 1 aliphatic rings. The van der Waals surface area contributed by atoms with Crippen LogP contribution in [0.3, 0.4) is 0 Å². The molecule has 1 unspecified atom stereocenters. The fraction of sp³-hybridized carbons (Fsp3) is 0.429. The van der Waals surface area contributed by atoms with Gasteiger partial charge in [-0.05, 0) is 31.0 Å². The molecule has 0 bridgehead atoms. The minimum absolute atomic E-state index is 0.00293. The molecule has 0 radical (unpaired) electrons. The Balaban J connectivity index is 2.17. The van der Waals surface area contributed by atoms with Gasteiger partial charge in [-0.3, -0.25) is 4.79 Å². The summed E-state index contributed by atoms with van der Waals surface area (Å²) >= 11 is 3.38. The maximum Gasteiger partial charge on any atom is 0.217 e. The number of carbonyl (C=O) groups excluding carboxylic acids is 1. The molecule has 1 aliphatic heterocycles. The fourth-order valence-electron chi connectivity index (χ4n) is 2.47. The van der Waals surface area contributed by atoms with E-state index >= 15 is 0 Å². The van der Waals surface area contributed by atoms with Crippen LogP contribution in [0.1, 0.15) is 25.3 Å². The summed E-state index contributed by atoms with van der Waals surface area (Å²) in [6, 6.07) is 8.13.